The number of nitrogens with one attached hydrogen (secondary N) is 3. The van der Waals surface area contributed by atoms with Crippen molar-refractivity contribution in [2.24, 2.45) is 11.3 Å². The van der Waals surface area contributed by atoms with E-state index >= 15 is 0 Å². The minimum absolute atomic E-state index is 0.0798. The number of imide groups is 1. The first-order chi connectivity index (χ1) is 10.1. The molecule has 126 valence electrons. The SMILES string of the molecule is CC(C)(C)C1CCC(NS(=O)(=O)C[C@H]2NC(=O)NC2=O)CC1. The molecule has 1 aliphatic carbocycles. The van der Waals surface area contributed by atoms with E-state index in [0.29, 0.717) is 5.92 Å². The molecule has 22 heavy (non-hydrogen) atoms. The standard InChI is InChI=1S/C14H25N3O4S/c1-14(2,3)9-4-6-10(7-5-9)17-22(20,21)8-11-12(18)16-13(19)15-11/h9-11,17H,4-8H2,1-3H3,(H2,15,16,18,19)/t9?,10?,11-/m1/s1. The summed E-state index contributed by atoms with van der Waals surface area (Å²) in [6, 6.07) is -1.73. The van der Waals surface area contributed by atoms with Crippen molar-refractivity contribution in [3.63, 3.8) is 0 Å². The van der Waals surface area contributed by atoms with Gasteiger partial charge in [-0.3, -0.25) is 10.1 Å². The number of sulfonamides is 1. The van der Waals surface area contributed by atoms with Gasteiger partial charge in [0, 0.05) is 6.04 Å². The third-order valence-corrected chi connectivity index (χ3v) is 6.01. The molecule has 2 rings (SSSR count). The highest BCUT2D eigenvalue weighted by Gasteiger charge is 2.35. The van der Waals surface area contributed by atoms with Crippen LogP contribution in [-0.4, -0.2) is 38.2 Å². The summed E-state index contributed by atoms with van der Waals surface area (Å²) >= 11 is 0. The lowest BCUT2D eigenvalue weighted by Gasteiger charge is -2.37. The molecule has 0 bridgehead atoms. The third kappa shape index (κ3) is 4.42. The smallest absolute Gasteiger partial charge is 0.322 e. The molecule has 2 aliphatic rings. The van der Waals surface area contributed by atoms with E-state index in [0.717, 1.165) is 25.7 Å². The zero-order valence-electron chi connectivity index (χ0n) is 13.3. The Hall–Kier alpha value is -1.15. The first kappa shape index (κ1) is 17.2. The fourth-order valence-electron chi connectivity index (χ4n) is 3.17. The summed E-state index contributed by atoms with van der Waals surface area (Å²) < 4.78 is 27.0. The Kier molecular flexibility index (Phi) is 4.81. The van der Waals surface area contributed by atoms with Crippen LogP contribution in [0.5, 0.6) is 0 Å². The highest BCUT2D eigenvalue weighted by Crippen LogP contribution is 2.37. The zero-order valence-corrected chi connectivity index (χ0v) is 14.1. The second-order valence-corrected chi connectivity index (χ2v) is 9.13. The highest BCUT2D eigenvalue weighted by atomic mass is 32.2. The van der Waals surface area contributed by atoms with E-state index in [1.807, 2.05) is 5.32 Å². The van der Waals surface area contributed by atoms with Gasteiger partial charge >= 0.3 is 6.03 Å². The average Bonchev–Trinajstić information content (AvgIpc) is 2.65. The predicted octanol–water partition coefficient (Wildman–Crippen LogP) is 0.719. The van der Waals surface area contributed by atoms with E-state index in [4.69, 9.17) is 0 Å². The minimum atomic E-state index is -3.60. The maximum Gasteiger partial charge on any atom is 0.322 e. The molecule has 0 radical (unpaired) electrons. The van der Waals surface area contributed by atoms with Crippen molar-refractivity contribution >= 4 is 22.0 Å². The molecule has 0 aromatic carbocycles. The van der Waals surface area contributed by atoms with Crippen LogP contribution in [0.25, 0.3) is 0 Å². The summed E-state index contributed by atoms with van der Waals surface area (Å²) in [5.41, 5.74) is 0.246. The topological polar surface area (TPSA) is 104 Å². The van der Waals surface area contributed by atoms with Crippen LogP contribution in [0, 0.1) is 11.3 Å². The molecular formula is C14H25N3O4S. The van der Waals surface area contributed by atoms with Crippen molar-refractivity contribution in [3.8, 4) is 0 Å². The molecule has 1 aliphatic heterocycles. The van der Waals surface area contributed by atoms with E-state index in [1.165, 1.54) is 0 Å². The zero-order chi connectivity index (χ0) is 16.5. The van der Waals surface area contributed by atoms with E-state index in [9.17, 15) is 18.0 Å². The molecule has 3 N–H and O–H groups in total. The van der Waals surface area contributed by atoms with Crippen molar-refractivity contribution in [1.82, 2.24) is 15.4 Å². The second-order valence-electron chi connectivity index (χ2n) is 7.33. The molecule has 1 saturated carbocycles. The summed E-state index contributed by atoms with van der Waals surface area (Å²) in [7, 11) is -3.60. The van der Waals surface area contributed by atoms with E-state index in [2.05, 4.69) is 30.8 Å². The first-order valence-electron chi connectivity index (χ1n) is 7.68. The number of carbonyl (C=O) groups excluding carboxylic acids is 2. The summed E-state index contributed by atoms with van der Waals surface area (Å²) in [6.07, 6.45) is 3.61. The molecule has 2 fully saturated rings. The molecule has 1 saturated heterocycles. The van der Waals surface area contributed by atoms with Crippen molar-refractivity contribution in [2.75, 3.05) is 5.75 Å². The molecule has 3 amide bonds. The van der Waals surface area contributed by atoms with Crippen LogP contribution in [0.15, 0.2) is 0 Å². The van der Waals surface area contributed by atoms with Gasteiger partial charge in [0.05, 0.1) is 5.75 Å². The van der Waals surface area contributed by atoms with E-state index in [-0.39, 0.29) is 11.5 Å². The number of amides is 3. The lowest BCUT2D eigenvalue weighted by Crippen LogP contribution is -2.45. The van der Waals surface area contributed by atoms with Gasteiger partial charge in [0.1, 0.15) is 6.04 Å². The van der Waals surface area contributed by atoms with Gasteiger partial charge in [0.15, 0.2) is 0 Å². The lowest BCUT2D eigenvalue weighted by atomic mass is 9.71. The first-order valence-corrected chi connectivity index (χ1v) is 9.33. The second kappa shape index (κ2) is 6.16. The Morgan fingerprint density at radius 1 is 1.14 bits per heavy atom. The van der Waals surface area contributed by atoms with Crippen molar-refractivity contribution in [3.05, 3.63) is 0 Å². The van der Waals surface area contributed by atoms with Gasteiger partial charge in [0.25, 0.3) is 5.91 Å². The largest absolute Gasteiger partial charge is 0.325 e. The van der Waals surface area contributed by atoms with E-state index < -0.39 is 33.8 Å². The molecule has 0 unspecified atom stereocenters. The molecule has 0 aromatic heterocycles. The molecule has 1 atom stereocenters. The summed E-state index contributed by atoms with van der Waals surface area (Å²) in [5.74, 6) is -0.399. The Morgan fingerprint density at radius 2 is 1.73 bits per heavy atom. The van der Waals surface area contributed by atoms with Crippen LogP contribution in [0.4, 0.5) is 4.79 Å². The highest BCUT2D eigenvalue weighted by molar-refractivity contribution is 7.89. The predicted molar refractivity (Wildman–Crippen MR) is 82.6 cm³/mol. The van der Waals surface area contributed by atoms with Crippen LogP contribution in [0.3, 0.4) is 0 Å². The Bertz CT molecular complexity index is 545. The number of hydrogen-bond donors (Lipinski definition) is 3. The fraction of sp³-hybridized carbons (Fsp3) is 0.857. The maximum absolute atomic E-state index is 12.1. The summed E-state index contributed by atoms with van der Waals surface area (Å²) in [5, 5.41) is 4.34. The van der Waals surface area contributed by atoms with Crippen LogP contribution in [-0.2, 0) is 14.8 Å². The quantitative estimate of drug-likeness (QED) is 0.660. The monoisotopic (exact) mass is 331 g/mol. The maximum atomic E-state index is 12.1. The van der Waals surface area contributed by atoms with Crippen LogP contribution in [0.2, 0.25) is 0 Å². The Balaban J connectivity index is 1.86. The molecule has 0 aromatic rings. The normalized spacial score (nSPS) is 30.0. The van der Waals surface area contributed by atoms with Gasteiger partial charge < -0.3 is 5.32 Å². The average molecular weight is 331 g/mol. The van der Waals surface area contributed by atoms with Crippen molar-refractivity contribution in [1.29, 1.82) is 0 Å². The molecule has 0 spiro atoms. The van der Waals surface area contributed by atoms with Gasteiger partial charge in [0.2, 0.25) is 10.0 Å². The van der Waals surface area contributed by atoms with Crippen molar-refractivity contribution < 1.29 is 18.0 Å². The van der Waals surface area contributed by atoms with Crippen LogP contribution in [0.1, 0.15) is 46.5 Å². The number of carbonyl (C=O) groups is 2. The van der Waals surface area contributed by atoms with Gasteiger partial charge in [-0.15, -0.1) is 0 Å². The fourth-order valence-corrected chi connectivity index (χ4v) is 4.69. The van der Waals surface area contributed by atoms with Gasteiger partial charge in [-0.1, -0.05) is 20.8 Å². The van der Waals surface area contributed by atoms with Crippen LogP contribution < -0.4 is 15.4 Å². The molecule has 8 heteroatoms. The summed E-state index contributed by atoms with van der Waals surface area (Å²) in [6.45, 7) is 6.64. The molecular weight excluding hydrogens is 306 g/mol. The van der Waals surface area contributed by atoms with E-state index in [1.54, 1.807) is 0 Å². The Labute approximate surface area is 131 Å². The number of urea groups is 1. The van der Waals surface area contributed by atoms with Crippen molar-refractivity contribution in [2.45, 2.75) is 58.5 Å². The van der Waals surface area contributed by atoms with Gasteiger partial charge in [-0.2, -0.15) is 0 Å². The number of hydrogen-bond acceptors (Lipinski definition) is 4. The Morgan fingerprint density at radius 3 is 2.18 bits per heavy atom. The number of rotatable bonds is 4. The van der Waals surface area contributed by atoms with Crippen LogP contribution >= 0.6 is 0 Å². The molecule has 7 nitrogen and oxygen atoms in total. The molecule has 1 heterocycles. The minimum Gasteiger partial charge on any atom is -0.325 e. The van der Waals surface area contributed by atoms with Gasteiger partial charge in [-0.05, 0) is 37.0 Å². The third-order valence-electron chi connectivity index (χ3n) is 4.54. The summed E-state index contributed by atoms with van der Waals surface area (Å²) in [4.78, 5) is 22.4. The lowest BCUT2D eigenvalue weighted by molar-refractivity contribution is -0.119. The van der Waals surface area contributed by atoms with Gasteiger partial charge in [-0.25, -0.2) is 17.9 Å².